The number of hydrogen-bond donors (Lipinski definition) is 4. The number of rotatable bonds is 4. The molecule has 0 amide bonds. The van der Waals surface area contributed by atoms with Crippen LogP contribution in [0.1, 0.15) is 25.7 Å². The summed E-state index contributed by atoms with van der Waals surface area (Å²) in [5.74, 6) is 6.83. The Morgan fingerprint density at radius 2 is 1.84 bits per heavy atom. The van der Waals surface area contributed by atoms with Gasteiger partial charge in [0.2, 0.25) is 0 Å². The van der Waals surface area contributed by atoms with Gasteiger partial charge in [0.25, 0.3) is 0 Å². The van der Waals surface area contributed by atoms with Crippen LogP contribution in [-0.4, -0.2) is 22.7 Å². The summed E-state index contributed by atoms with van der Waals surface area (Å²) < 4.78 is 0. The second-order valence-electron chi connectivity index (χ2n) is 4.85. The molecule has 0 spiro atoms. The Bertz CT molecular complexity index is 436. The van der Waals surface area contributed by atoms with E-state index in [4.69, 9.17) is 29.0 Å². The zero-order valence-corrected chi connectivity index (χ0v) is 12.0. The zero-order chi connectivity index (χ0) is 13.8. The molecule has 0 saturated heterocycles. The standard InChI is InChI=1S/C12H18Cl2N4O/c13-9-5-10(14)12(18-15)17-11(9)16-6-7-1-3-8(19)4-2-7/h5,7-8,19H,1-4,6,15H2,(H2,16,17,18). The summed E-state index contributed by atoms with van der Waals surface area (Å²) in [6.07, 6.45) is 3.62. The first-order valence-corrected chi connectivity index (χ1v) is 7.10. The molecule has 1 heterocycles. The van der Waals surface area contributed by atoms with Gasteiger partial charge in [0.15, 0.2) is 5.82 Å². The Hall–Kier alpha value is -0.750. The first kappa shape index (κ1) is 14.7. The summed E-state index contributed by atoms with van der Waals surface area (Å²) in [5.41, 5.74) is 2.43. The van der Waals surface area contributed by atoms with E-state index >= 15 is 0 Å². The lowest BCUT2D eigenvalue weighted by Gasteiger charge is -2.25. The van der Waals surface area contributed by atoms with Gasteiger partial charge in [-0.15, -0.1) is 0 Å². The molecule has 1 aromatic heterocycles. The molecule has 1 aliphatic rings. The second-order valence-corrected chi connectivity index (χ2v) is 5.66. The van der Waals surface area contributed by atoms with Gasteiger partial charge in [0, 0.05) is 6.54 Å². The van der Waals surface area contributed by atoms with E-state index in [1.165, 1.54) is 0 Å². The number of pyridine rings is 1. The van der Waals surface area contributed by atoms with Crippen LogP contribution in [0.5, 0.6) is 0 Å². The van der Waals surface area contributed by atoms with E-state index in [2.05, 4.69) is 15.7 Å². The third-order valence-electron chi connectivity index (χ3n) is 3.44. The predicted molar refractivity (Wildman–Crippen MR) is 78.5 cm³/mol. The Kier molecular flexibility index (Phi) is 5.10. The minimum absolute atomic E-state index is 0.137. The molecule has 5 nitrogen and oxygen atoms in total. The summed E-state index contributed by atoms with van der Waals surface area (Å²) in [7, 11) is 0. The molecule has 1 saturated carbocycles. The normalized spacial score (nSPS) is 23.2. The molecule has 19 heavy (non-hydrogen) atoms. The number of nitrogens with two attached hydrogens (primary N) is 1. The highest BCUT2D eigenvalue weighted by Crippen LogP contribution is 2.30. The second kappa shape index (κ2) is 6.61. The lowest BCUT2D eigenvalue weighted by Crippen LogP contribution is -2.24. The quantitative estimate of drug-likeness (QED) is 0.508. The van der Waals surface area contributed by atoms with Crippen molar-refractivity contribution >= 4 is 34.8 Å². The smallest absolute Gasteiger partial charge is 0.161 e. The molecule has 106 valence electrons. The number of hydrazine groups is 1. The lowest BCUT2D eigenvalue weighted by molar-refractivity contribution is 0.111. The van der Waals surface area contributed by atoms with E-state index in [1.54, 1.807) is 6.07 Å². The van der Waals surface area contributed by atoms with Crippen LogP contribution in [0.4, 0.5) is 11.6 Å². The van der Waals surface area contributed by atoms with Gasteiger partial charge in [0.05, 0.1) is 16.1 Å². The monoisotopic (exact) mass is 304 g/mol. The van der Waals surface area contributed by atoms with Gasteiger partial charge in [0.1, 0.15) is 5.82 Å². The minimum Gasteiger partial charge on any atom is -0.393 e. The summed E-state index contributed by atoms with van der Waals surface area (Å²) in [6.45, 7) is 0.783. The fraction of sp³-hybridized carbons (Fsp3) is 0.583. The van der Waals surface area contributed by atoms with Crippen LogP contribution in [0.3, 0.4) is 0 Å². The molecule has 5 N–H and O–H groups in total. The predicted octanol–water partition coefficient (Wildman–Crippen LogP) is 2.64. The fourth-order valence-corrected chi connectivity index (χ4v) is 2.76. The molecule has 0 aromatic carbocycles. The largest absolute Gasteiger partial charge is 0.393 e. The molecule has 0 bridgehead atoms. The van der Waals surface area contributed by atoms with Crippen LogP contribution >= 0.6 is 23.2 Å². The Morgan fingerprint density at radius 1 is 1.21 bits per heavy atom. The van der Waals surface area contributed by atoms with Crippen molar-refractivity contribution in [3.8, 4) is 0 Å². The third kappa shape index (κ3) is 3.86. The molecule has 0 radical (unpaired) electrons. The average Bonchev–Trinajstić information content (AvgIpc) is 2.40. The minimum atomic E-state index is -0.137. The van der Waals surface area contributed by atoms with Gasteiger partial charge in [-0.2, -0.15) is 0 Å². The van der Waals surface area contributed by atoms with Gasteiger partial charge in [-0.1, -0.05) is 23.2 Å². The number of aliphatic hydroxyl groups excluding tert-OH is 1. The van der Waals surface area contributed by atoms with E-state index in [0.29, 0.717) is 27.6 Å². The number of aromatic nitrogens is 1. The number of nitrogens with zero attached hydrogens (tertiary/aromatic N) is 1. The van der Waals surface area contributed by atoms with Crippen LogP contribution in [0.25, 0.3) is 0 Å². The number of hydrogen-bond acceptors (Lipinski definition) is 5. The van der Waals surface area contributed by atoms with E-state index in [-0.39, 0.29) is 6.10 Å². The number of nitrogen functional groups attached to an aromatic ring is 1. The van der Waals surface area contributed by atoms with Crippen LogP contribution in [0, 0.1) is 5.92 Å². The van der Waals surface area contributed by atoms with Gasteiger partial charge >= 0.3 is 0 Å². The van der Waals surface area contributed by atoms with E-state index < -0.39 is 0 Å². The van der Waals surface area contributed by atoms with Crippen LogP contribution in [0.15, 0.2) is 6.07 Å². The van der Waals surface area contributed by atoms with Crippen molar-refractivity contribution < 1.29 is 5.11 Å². The fourth-order valence-electron chi connectivity index (χ4n) is 2.28. The Morgan fingerprint density at radius 3 is 2.47 bits per heavy atom. The van der Waals surface area contributed by atoms with Crippen molar-refractivity contribution in [2.75, 3.05) is 17.3 Å². The molecular weight excluding hydrogens is 287 g/mol. The molecule has 1 aromatic rings. The maximum Gasteiger partial charge on any atom is 0.161 e. The maximum atomic E-state index is 9.46. The first-order valence-electron chi connectivity index (χ1n) is 6.34. The van der Waals surface area contributed by atoms with Crippen molar-refractivity contribution in [3.05, 3.63) is 16.1 Å². The molecule has 1 aliphatic carbocycles. The molecule has 0 atom stereocenters. The van der Waals surface area contributed by atoms with Crippen molar-refractivity contribution in [1.82, 2.24) is 4.98 Å². The summed E-state index contributed by atoms with van der Waals surface area (Å²) in [4.78, 5) is 4.23. The van der Waals surface area contributed by atoms with Gasteiger partial charge in [-0.3, -0.25) is 0 Å². The first-order chi connectivity index (χ1) is 9.10. The van der Waals surface area contributed by atoms with Gasteiger partial charge in [-0.25, -0.2) is 10.8 Å². The van der Waals surface area contributed by atoms with Gasteiger partial charge < -0.3 is 15.8 Å². The van der Waals surface area contributed by atoms with Crippen LogP contribution < -0.4 is 16.6 Å². The summed E-state index contributed by atoms with van der Waals surface area (Å²) in [5, 5.41) is 13.5. The molecule has 2 rings (SSSR count). The van der Waals surface area contributed by atoms with Crippen LogP contribution in [-0.2, 0) is 0 Å². The third-order valence-corrected chi connectivity index (χ3v) is 4.02. The van der Waals surface area contributed by atoms with E-state index in [9.17, 15) is 5.11 Å². The van der Waals surface area contributed by atoms with Crippen molar-refractivity contribution in [2.45, 2.75) is 31.8 Å². The Balaban J connectivity index is 1.95. The maximum absolute atomic E-state index is 9.46. The molecule has 0 aliphatic heterocycles. The topological polar surface area (TPSA) is 83.2 Å². The molecule has 7 heteroatoms. The highest BCUT2D eigenvalue weighted by atomic mass is 35.5. The van der Waals surface area contributed by atoms with Crippen molar-refractivity contribution in [1.29, 1.82) is 0 Å². The van der Waals surface area contributed by atoms with Crippen molar-refractivity contribution in [3.63, 3.8) is 0 Å². The Labute approximate surface area is 122 Å². The number of nitrogens with one attached hydrogen (secondary N) is 2. The SMILES string of the molecule is NNc1nc(NCC2CCC(O)CC2)c(Cl)cc1Cl. The average molecular weight is 305 g/mol. The van der Waals surface area contributed by atoms with E-state index in [1.807, 2.05) is 0 Å². The summed E-state index contributed by atoms with van der Waals surface area (Å²) >= 11 is 12.0. The van der Waals surface area contributed by atoms with Crippen molar-refractivity contribution in [2.24, 2.45) is 11.8 Å². The highest BCUT2D eigenvalue weighted by molar-refractivity contribution is 6.37. The molecular formula is C12H18Cl2N4O. The van der Waals surface area contributed by atoms with Gasteiger partial charge in [-0.05, 0) is 37.7 Å². The number of anilines is 2. The number of aliphatic hydroxyl groups is 1. The highest BCUT2D eigenvalue weighted by Gasteiger charge is 2.19. The van der Waals surface area contributed by atoms with E-state index in [0.717, 1.165) is 32.2 Å². The number of halogens is 2. The lowest BCUT2D eigenvalue weighted by atomic mass is 9.87. The molecule has 0 unspecified atom stereocenters. The zero-order valence-electron chi connectivity index (χ0n) is 10.5. The summed E-state index contributed by atoms with van der Waals surface area (Å²) in [6, 6.07) is 1.61. The molecule has 1 fully saturated rings. The van der Waals surface area contributed by atoms with Crippen LogP contribution in [0.2, 0.25) is 10.0 Å².